The fraction of sp³-hybridized carbons (Fsp3) is 0.160. The standard InChI is InChI=1S/C25H19ClFN3O4S/c1-2-20(32)29-7-8-30(19(12-29)25(33)34)24-17-11-18(26)21(22(27)23(17)28-35-24)16-10-14(31)9-13-5-3-4-6-15(13)16/h2-6,9-11,19,31H,1,7-8,12H2,(H,33,34). The van der Waals surface area contributed by atoms with E-state index in [1.165, 1.54) is 11.0 Å². The molecule has 2 N–H and O–H groups in total. The van der Waals surface area contributed by atoms with Crippen LogP contribution >= 0.6 is 23.1 Å². The number of carboxylic acids is 1. The zero-order chi connectivity index (χ0) is 24.9. The number of carbonyl (C=O) groups is 2. The minimum atomic E-state index is -1.11. The van der Waals surface area contributed by atoms with Gasteiger partial charge in [0.05, 0.1) is 11.6 Å². The molecular formula is C25H19ClFN3O4S. The summed E-state index contributed by atoms with van der Waals surface area (Å²) in [6.45, 7) is 3.94. The van der Waals surface area contributed by atoms with E-state index in [0.717, 1.165) is 28.4 Å². The SMILES string of the molecule is C=CC(=O)N1CCN(c2snc3c(F)c(-c4cc(O)cc5ccccc45)c(Cl)cc23)C(C(=O)O)C1. The number of phenols is 1. The van der Waals surface area contributed by atoms with Crippen LogP contribution in [0, 0.1) is 5.82 Å². The highest BCUT2D eigenvalue weighted by molar-refractivity contribution is 7.11. The maximum atomic E-state index is 15.9. The molecule has 1 saturated heterocycles. The molecule has 1 aromatic heterocycles. The predicted octanol–water partition coefficient (Wildman–Crippen LogP) is 4.90. The number of phenolic OH excluding ortho intramolecular Hbond substituents is 1. The molecule has 2 heterocycles. The summed E-state index contributed by atoms with van der Waals surface area (Å²) < 4.78 is 20.2. The van der Waals surface area contributed by atoms with Crippen LogP contribution in [-0.2, 0) is 9.59 Å². The van der Waals surface area contributed by atoms with E-state index in [1.807, 2.05) is 24.3 Å². The Hall–Kier alpha value is -3.69. The predicted molar refractivity (Wildman–Crippen MR) is 135 cm³/mol. The van der Waals surface area contributed by atoms with E-state index in [4.69, 9.17) is 11.6 Å². The molecular weight excluding hydrogens is 493 g/mol. The van der Waals surface area contributed by atoms with Gasteiger partial charge in [-0.2, -0.15) is 4.37 Å². The molecule has 7 nitrogen and oxygen atoms in total. The van der Waals surface area contributed by atoms with Crippen LogP contribution in [0.2, 0.25) is 5.02 Å². The van der Waals surface area contributed by atoms with Gasteiger partial charge >= 0.3 is 5.97 Å². The Bertz CT molecular complexity index is 1520. The third-order valence-electron chi connectivity index (χ3n) is 6.17. The second kappa shape index (κ2) is 8.83. The van der Waals surface area contributed by atoms with Crippen molar-refractivity contribution in [2.45, 2.75) is 6.04 Å². The number of piperazine rings is 1. The van der Waals surface area contributed by atoms with E-state index in [0.29, 0.717) is 16.0 Å². The van der Waals surface area contributed by atoms with E-state index in [-0.39, 0.29) is 47.4 Å². The molecule has 10 heteroatoms. The molecule has 1 aliphatic heterocycles. The van der Waals surface area contributed by atoms with Gasteiger partial charge in [0.25, 0.3) is 0 Å². The second-order valence-corrected chi connectivity index (χ2v) is 9.34. The van der Waals surface area contributed by atoms with E-state index >= 15 is 4.39 Å². The number of amides is 1. The summed E-state index contributed by atoms with van der Waals surface area (Å²) in [5.74, 6) is -2.13. The first kappa shape index (κ1) is 23.1. The van der Waals surface area contributed by atoms with Gasteiger partial charge in [-0.15, -0.1) is 0 Å². The number of carbonyl (C=O) groups excluding carboxylic acids is 1. The van der Waals surface area contributed by atoms with E-state index in [2.05, 4.69) is 11.0 Å². The van der Waals surface area contributed by atoms with E-state index < -0.39 is 17.8 Å². The lowest BCUT2D eigenvalue weighted by Gasteiger charge is -2.39. The summed E-state index contributed by atoms with van der Waals surface area (Å²) >= 11 is 7.58. The largest absolute Gasteiger partial charge is 0.508 e. The lowest BCUT2D eigenvalue weighted by molar-refractivity contribution is -0.140. The Morgan fingerprint density at radius 1 is 1.20 bits per heavy atom. The van der Waals surface area contributed by atoms with Gasteiger partial charge in [-0.05, 0) is 52.1 Å². The van der Waals surface area contributed by atoms with Gasteiger partial charge in [-0.3, -0.25) is 4.79 Å². The molecule has 1 amide bonds. The van der Waals surface area contributed by atoms with Crippen LogP contribution in [0.5, 0.6) is 5.75 Å². The first-order chi connectivity index (χ1) is 16.8. The third-order valence-corrected chi connectivity index (χ3v) is 7.37. The Morgan fingerprint density at radius 3 is 2.71 bits per heavy atom. The average Bonchev–Trinajstić information content (AvgIpc) is 3.26. The number of aromatic nitrogens is 1. The molecule has 1 atom stereocenters. The molecule has 0 radical (unpaired) electrons. The maximum Gasteiger partial charge on any atom is 0.328 e. The van der Waals surface area contributed by atoms with Crippen molar-refractivity contribution in [1.29, 1.82) is 0 Å². The van der Waals surface area contributed by atoms with Gasteiger partial charge in [-0.25, -0.2) is 9.18 Å². The summed E-state index contributed by atoms with van der Waals surface area (Å²) in [4.78, 5) is 27.1. The number of rotatable bonds is 4. The van der Waals surface area contributed by atoms with Crippen LogP contribution in [0.25, 0.3) is 32.8 Å². The number of anilines is 1. The quantitative estimate of drug-likeness (QED) is 0.378. The summed E-state index contributed by atoms with van der Waals surface area (Å²) in [5, 5.41) is 22.5. The fourth-order valence-electron chi connectivity index (χ4n) is 4.52. The molecule has 5 rings (SSSR count). The van der Waals surface area contributed by atoms with Gasteiger partial charge < -0.3 is 20.0 Å². The van der Waals surface area contributed by atoms with Crippen molar-refractivity contribution in [2.75, 3.05) is 24.5 Å². The molecule has 178 valence electrons. The van der Waals surface area contributed by atoms with Gasteiger partial charge in [0.1, 0.15) is 22.3 Å². The molecule has 1 fully saturated rings. The number of hydrogen-bond donors (Lipinski definition) is 2. The molecule has 0 spiro atoms. The Morgan fingerprint density at radius 2 is 1.97 bits per heavy atom. The maximum absolute atomic E-state index is 15.9. The van der Waals surface area contributed by atoms with Gasteiger partial charge in [-0.1, -0.05) is 42.4 Å². The zero-order valence-corrected chi connectivity index (χ0v) is 19.8. The van der Waals surface area contributed by atoms with Crippen LogP contribution in [0.3, 0.4) is 0 Å². The second-order valence-electron chi connectivity index (χ2n) is 8.18. The van der Waals surface area contributed by atoms with Crippen molar-refractivity contribution in [3.63, 3.8) is 0 Å². The monoisotopic (exact) mass is 511 g/mol. The minimum Gasteiger partial charge on any atom is -0.508 e. The van der Waals surface area contributed by atoms with Gasteiger partial charge in [0.15, 0.2) is 5.82 Å². The van der Waals surface area contributed by atoms with Crippen LogP contribution in [-0.4, -0.2) is 57.0 Å². The number of fused-ring (bicyclic) bond motifs is 2. The van der Waals surface area contributed by atoms with Crippen molar-refractivity contribution in [2.24, 2.45) is 0 Å². The highest BCUT2D eigenvalue weighted by Crippen LogP contribution is 2.44. The molecule has 0 bridgehead atoms. The number of benzene rings is 3. The third kappa shape index (κ3) is 3.86. The van der Waals surface area contributed by atoms with Gasteiger partial charge in [0.2, 0.25) is 5.91 Å². The number of aromatic hydroxyl groups is 1. The topological polar surface area (TPSA) is 94.0 Å². The van der Waals surface area contributed by atoms with E-state index in [1.54, 1.807) is 17.0 Å². The Kier molecular flexibility index (Phi) is 5.82. The smallest absolute Gasteiger partial charge is 0.328 e. The minimum absolute atomic E-state index is 0.0236. The first-order valence-corrected chi connectivity index (χ1v) is 11.9. The Balaban J connectivity index is 1.63. The molecule has 4 aromatic rings. The molecule has 3 aromatic carbocycles. The van der Waals surface area contributed by atoms with Crippen LogP contribution in [0.1, 0.15) is 0 Å². The summed E-state index contributed by atoms with van der Waals surface area (Å²) in [7, 11) is 0. The lowest BCUT2D eigenvalue weighted by atomic mass is 9.96. The summed E-state index contributed by atoms with van der Waals surface area (Å²) in [6, 6.07) is 10.9. The van der Waals surface area contributed by atoms with Gasteiger partial charge in [0, 0.05) is 24.0 Å². The number of carboxylic acid groups (broad SMARTS) is 1. The fourth-order valence-corrected chi connectivity index (χ4v) is 5.75. The zero-order valence-electron chi connectivity index (χ0n) is 18.2. The van der Waals surface area contributed by atoms with Crippen LogP contribution in [0.4, 0.5) is 9.39 Å². The van der Waals surface area contributed by atoms with Crippen LogP contribution < -0.4 is 4.90 Å². The summed E-state index contributed by atoms with van der Waals surface area (Å²) in [6.07, 6.45) is 1.15. The molecule has 1 unspecified atom stereocenters. The number of aliphatic carboxylic acids is 1. The number of nitrogens with zero attached hydrogens (tertiary/aromatic N) is 3. The summed E-state index contributed by atoms with van der Waals surface area (Å²) in [5.41, 5.74) is 0.601. The lowest BCUT2D eigenvalue weighted by Crippen LogP contribution is -2.57. The average molecular weight is 512 g/mol. The van der Waals surface area contributed by atoms with Crippen molar-refractivity contribution < 1.29 is 24.2 Å². The van der Waals surface area contributed by atoms with Crippen molar-refractivity contribution in [3.05, 3.63) is 66.0 Å². The molecule has 35 heavy (non-hydrogen) atoms. The van der Waals surface area contributed by atoms with Crippen molar-refractivity contribution in [1.82, 2.24) is 9.27 Å². The highest BCUT2D eigenvalue weighted by atomic mass is 35.5. The van der Waals surface area contributed by atoms with Crippen molar-refractivity contribution in [3.8, 4) is 16.9 Å². The van der Waals surface area contributed by atoms with Crippen molar-refractivity contribution >= 4 is 61.7 Å². The normalized spacial score (nSPS) is 16.1. The number of hydrogen-bond acceptors (Lipinski definition) is 6. The van der Waals surface area contributed by atoms with E-state index in [9.17, 15) is 19.8 Å². The highest BCUT2D eigenvalue weighted by Gasteiger charge is 2.36. The Labute approximate surface area is 208 Å². The molecule has 0 saturated carbocycles. The number of halogens is 2. The first-order valence-electron chi connectivity index (χ1n) is 10.7. The molecule has 0 aliphatic carbocycles. The van der Waals surface area contributed by atoms with Crippen LogP contribution in [0.15, 0.2) is 55.1 Å². The molecule has 1 aliphatic rings.